The molecule has 44 heavy (non-hydrogen) atoms. The second-order valence-electron chi connectivity index (χ2n) is 13.7. The molecule has 1 aliphatic rings. The van der Waals surface area contributed by atoms with Crippen molar-refractivity contribution in [2.75, 3.05) is 5.75 Å². The molecule has 1 aliphatic carbocycles. The Balaban J connectivity index is 1.88. The van der Waals surface area contributed by atoms with E-state index in [-0.39, 0.29) is 24.5 Å². The van der Waals surface area contributed by atoms with Gasteiger partial charge in [0, 0.05) is 12.6 Å². The number of hydrogen-bond acceptors (Lipinski definition) is 7. The number of nitrogens with zero attached hydrogens (tertiary/aromatic N) is 1. The summed E-state index contributed by atoms with van der Waals surface area (Å²) in [6, 6.07) is 7.40. The van der Waals surface area contributed by atoms with Gasteiger partial charge in [-0.15, -0.1) is 0 Å². The lowest BCUT2D eigenvalue weighted by Gasteiger charge is -2.34. The van der Waals surface area contributed by atoms with Crippen molar-refractivity contribution < 1.29 is 28.2 Å². The Morgan fingerprint density at radius 2 is 1.64 bits per heavy atom. The Labute approximate surface area is 262 Å². The average molecular weight is 633 g/mol. The Morgan fingerprint density at radius 1 is 0.977 bits per heavy atom. The number of carbonyl (C=O) groups is 2. The molecule has 0 saturated heterocycles. The van der Waals surface area contributed by atoms with Crippen LogP contribution in [0.15, 0.2) is 42.9 Å². The summed E-state index contributed by atoms with van der Waals surface area (Å²) in [7, 11) is -3.67. The SMILES string of the molecule is CC(C)[C@@H](O)[C@H](O)[C@@H](CC1CCCCC1)NC(=O)[C@H](Cc1c[nH]cn1)NC(=O)[C@H](Cc1ccccc1)CS(=O)(=O)C(C)(C)C. The molecule has 1 heterocycles. The van der Waals surface area contributed by atoms with E-state index >= 15 is 0 Å². The molecule has 246 valence electrons. The van der Waals surface area contributed by atoms with E-state index in [0.717, 1.165) is 37.7 Å². The van der Waals surface area contributed by atoms with Gasteiger partial charge >= 0.3 is 0 Å². The van der Waals surface area contributed by atoms with E-state index in [1.54, 1.807) is 27.0 Å². The van der Waals surface area contributed by atoms with Crippen LogP contribution in [0.2, 0.25) is 0 Å². The van der Waals surface area contributed by atoms with Gasteiger partial charge in [-0.25, -0.2) is 13.4 Å². The molecule has 1 aromatic carbocycles. The number of imidazole rings is 1. The first kappa shape index (κ1) is 35.7. The van der Waals surface area contributed by atoms with Gasteiger partial charge in [-0.05, 0) is 51.0 Å². The second-order valence-corrected chi connectivity index (χ2v) is 16.5. The van der Waals surface area contributed by atoms with Gasteiger partial charge < -0.3 is 25.8 Å². The van der Waals surface area contributed by atoms with Gasteiger partial charge in [-0.3, -0.25) is 9.59 Å². The van der Waals surface area contributed by atoms with Crippen LogP contribution in [0.3, 0.4) is 0 Å². The Hall–Kier alpha value is -2.76. The summed E-state index contributed by atoms with van der Waals surface area (Å²) in [6.07, 6.45) is 6.97. The van der Waals surface area contributed by atoms with Crippen LogP contribution < -0.4 is 10.6 Å². The standard InChI is InChI=1S/C33H52N4O6S/c1-22(2)29(38)30(39)27(17-24-14-10-7-11-15-24)36-32(41)28(18-26-19-34-21-35-26)37-31(40)25(16-23-12-8-6-9-13-23)20-44(42,43)33(3,4)5/h6,8-9,12-13,19,21-22,24-25,27-30,38-39H,7,10-11,14-18,20H2,1-5H3,(H,34,35)(H,36,41)(H,37,40)/t25-,27-,28+,29-,30-/m1/s1. The minimum atomic E-state index is -3.67. The largest absolute Gasteiger partial charge is 0.390 e. The number of sulfone groups is 1. The molecule has 0 radical (unpaired) electrons. The maximum absolute atomic E-state index is 13.9. The van der Waals surface area contributed by atoms with E-state index in [1.807, 2.05) is 44.2 Å². The molecule has 0 aliphatic heterocycles. The van der Waals surface area contributed by atoms with E-state index in [9.17, 15) is 28.2 Å². The van der Waals surface area contributed by atoms with Crippen LogP contribution in [0, 0.1) is 17.8 Å². The van der Waals surface area contributed by atoms with Crippen molar-refractivity contribution in [2.24, 2.45) is 17.8 Å². The number of aliphatic hydroxyl groups excluding tert-OH is 2. The lowest BCUT2D eigenvalue weighted by Crippen LogP contribution is -2.57. The highest BCUT2D eigenvalue weighted by Gasteiger charge is 2.37. The minimum absolute atomic E-state index is 0.0597. The van der Waals surface area contributed by atoms with Crippen molar-refractivity contribution in [3.8, 4) is 0 Å². The number of carbonyl (C=O) groups excluding carboxylic acids is 2. The summed E-state index contributed by atoms with van der Waals surface area (Å²) >= 11 is 0. The number of hydrogen-bond donors (Lipinski definition) is 5. The molecule has 5 atom stereocenters. The first-order valence-electron chi connectivity index (χ1n) is 15.9. The lowest BCUT2D eigenvalue weighted by molar-refractivity contribution is -0.132. The monoisotopic (exact) mass is 632 g/mol. The third-order valence-electron chi connectivity index (χ3n) is 8.74. The summed E-state index contributed by atoms with van der Waals surface area (Å²) in [4.78, 5) is 34.9. The van der Waals surface area contributed by atoms with Gasteiger partial charge in [0.15, 0.2) is 9.84 Å². The summed E-state index contributed by atoms with van der Waals surface area (Å²) in [5.74, 6) is -2.31. The number of H-pyrrole nitrogens is 1. The molecule has 11 heteroatoms. The molecule has 2 amide bonds. The maximum Gasteiger partial charge on any atom is 0.243 e. The predicted octanol–water partition coefficient (Wildman–Crippen LogP) is 3.34. The number of aromatic nitrogens is 2. The van der Waals surface area contributed by atoms with Crippen molar-refractivity contribution in [3.05, 3.63) is 54.1 Å². The van der Waals surface area contributed by atoms with Crippen molar-refractivity contribution in [2.45, 2.75) is 115 Å². The Morgan fingerprint density at radius 3 is 2.20 bits per heavy atom. The van der Waals surface area contributed by atoms with Gasteiger partial charge in [0.25, 0.3) is 0 Å². The highest BCUT2D eigenvalue weighted by atomic mass is 32.2. The van der Waals surface area contributed by atoms with Crippen LogP contribution in [0.25, 0.3) is 0 Å². The van der Waals surface area contributed by atoms with E-state index in [4.69, 9.17) is 0 Å². The predicted molar refractivity (Wildman–Crippen MR) is 171 cm³/mol. The zero-order valence-electron chi connectivity index (χ0n) is 26.8. The molecule has 0 unspecified atom stereocenters. The number of aliphatic hydroxyl groups is 2. The molecule has 5 N–H and O–H groups in total. The zero-order valence-corrected chi connectivity index (χ0v) is 27.6. The molecule has 2 aromatic rings. The molecule has 0 spiro atoms. The van der Waals surface area contributed by atoms with Crippen LogP contribution >= 0.6 is 0 Å². The topological polar surface area (TPSA) is 161 Å². The van der Waals surface area contributed by atoms with E-state index in [1.165, 1.54) is 6.33 Å². The lowest BCUT2D eigenvalue weighted by atomic mass is 9.82. The summed E-state index contributed by atoms with van der Waals surface area (Å²) in [6.45, 7) is 8.45. The van der Waals surface area contributed by atoms with Crippen LogP contribution in [0.1, 0.15) is 84.4 Å². The summed E-state index contributed by atoms with van der Waals surface area (Å²) in [5.41, 5.74) is 1.35. The van der Waals surface area contributed by atoms with E-state index in [0.29, 0.717) is 18.0 Å². The molecule has 1 saturated carbocycles. The van der Waals surface area contributed by atoms with E-state index in [2.05, 4.69) is 20.6 Å². The molecule has 1 aromatic heterocycles. The smallest absolute Gasteiger partial charge is 0.243 e. The first-order valence-corrected chi connectivity index (χ1v) is 17.5. The number of rotatable bonds is 15. The number of benzene rings is 1. The summed E-state index contributed by atoms with van der Waals surface area (Å²) < 4.78 is 25.4. The number of amides is 2. The third-order valence-corrected chi connectivity index (χ3v) is 11.4. The van der Waals surface area contributed by atoms with E-state index < -0.39 is 56.6 Å². The summed E-state index contributed by atoms with van der Waals surface area (Å²) in [5, 5.41) is 27.7. The molecule has 0 bridgehead atoms. The fraction of sp³-hybridized carbons (Fsp3) is 0.667. The van der Waals surface area contributed by atoms with Gasteiger partial charge in [-0.1, -0.05) is 76.3 Å². The molecule has 10 nitrogen and oxygen atoms in total. The molecule has 1 fully saturated rings. The van der Waals surface area contributed by atoms with Crippen molar-refractivity contribution >= 4 is 21.7 Å². The Kier molecular flexibility index (Phi) is 13.0. The average Bonchev–Trinajstić information content (AvgIpc) is 3.49. The fourth-order valence-electron chi connectivity index (χ4n) is 5.73. The van der Waals surface area contributed by atoms with Gasteiger partial charge in [0.05, 0.1) is 40.6 Å². The van der Waals surface area contributed by atoms with Crippen molar-refractivity contribution in [3.63, 3.8) is 0 Å². The quantitative estimate of drug-likeness (QED) is 0.201. The molecular formula is C33H52N4O6S. The highest BCUT2D eigenvalue weighted by molar-refractivity contribution is 7.92. The normalized spacial score (nSPS) is 18.3. The van der Waals surface area contributed by atoms with Crippen LogP contribution in [-0.2, 0) is 32.3 Å². The van der Waals surface area contributed by atoms with Gasteiger partial charge in [0.1, 0.15) is 12.1 Å². The van der Waals surface area contributed by atoms with Crippen molar-refractivity contribution in [1.82, 2.24) is 20.6 Å². The maximum atomic E-state index is 13.9. The van der Waals surface area contributed by atoms with Crippen LogP contribution in [-0.4, -0.2) is 75.2 Å². The van der Waals surface area contributed by atoms with Crippen LogP contribution in [0.4, 0.5) is 0 Å². The van der Waals surface area contributed by atoms with Gasteiger partial charge in [-0.2, -0.15) is 0 Å². The fourth-order valence-corrected chi connectivity index (χ4v) is 7.03. The third kappa shape index (κ3) is 10.4. The first-order chi connectivity index (χ1) is 20.7. The Bertz CT molecular complexity index is 1270. The molecular weight excluding hydrogens is 580 g/mol. The number of nitrogens with one attached hydrogen (secondary N) is 3. The number of aromatic amines is 1. The van der Waals surface area contributed by atoms with Gasteiger partial charge in [0.2, 0.25) is 11.8 Å². The van der Waals surface area contributed by atoms with Crippen molar-refractivity contribution in [1.29, 1.82) is 0 Å². The van der Waals surface area contributed by atoms with Crippen LogP contribution in [0.5, 0.6) is 0 Å². The molecule has 3 rings (SSSR count). The highest BCUT2D eigenvalue weighted by Crippen LogP contribution is 2.29. The zero-order chi connectivity index (χ0) is 32.5. The minimum Gasteiger partial charge on any atom is -0.390 e. The second kappa shape index (κ2) is 16.0.